The Kier molecular flexibility index (Phi) is 25.6. The summed E-state index contributed by atoms with van der Waals surface area (Å²) in [6.45, 7) is 8.17. The van der Waals surface area contributed by atoms with Gasteiger partial charge in [0.15, 0.2) is 5.96 Å². The van der Waals surface area contributed by atoms with Crippen molar-refractivity contribution in [2.45, 2.75) is 135 Å². The number of likely N-dealkylation sites (tertiary alicyclic amines) is 1. The number of rotatable bonds is 31. The molecule has 9 amide bonds. The van der Waals surface area contributed by atoms with Crippen LogP contribution in [-0.4, -0.2) is 154 Å². The molecule has 0 radical (unpaired) electrons. The molecule has 3 aromatic carbocycles. The van der Waals surface area contributed by atoms with Crippen LogP contribution in [0.1, 0.15) is 89.8 Å². The maximum absolute atomic E-state index is 14.4. The highest BCUT2D eigenvalue weighted by molar-refractivity contribution is 5.98. The monoisotopic (exact) mass is 1150 g/mol. The Balaban J connectivity index is 1.31. The number of aliphatic hydroxyl groups is 1. The Hall–Kier alpha value is -8.74. The number of carbonyl (C=O) groups excluding carboxylic acids is 9. The van der Waals surface area contributed by atoms with Gasteiger partial charge >= 0.3 is 6.09 Å². The molecule has 0 spiro atoms. The zero-order valence-electron chi connectivity index (χ0n) is 47.7. The normalized spacial score (nSPS) is 15.1. The molecule has 1 aromatic heterocycles. The number of likely N-dealkylation sites (N-methyl/N-ethyl adjacent to an activating group) is 1. The van der Waals surface area contributed by atoms with Gasteiger partial charge in [-0.25, -0.2) is 4.79 Å². The van der Waals surface area contributed by atoms with Crippen LogP contribution in [0.5, 0.6) is 5.75 Å². The van der Waals surface area contributed by atoms with Crippen molar-refractivity contribution in [3.63, 3.8) is 0 Å². The van der Waals surface area contributed by atoms with Gasteiger partial charge < -0.3 is 78.8 Å². The maximum atomic E-state index is 14.4. The largest absolute Gasteiger partial charge is 0.508 e. The van der Waals surface area contributed by atoms with Gasteiger partial charge in [0.25, 0.3) is 0 Å². The van der Waals surface area contributed by atoms with Gasteiger partial charge in [-0.1, -0.05) is 88.4 Å². The lowest BCUT2D eigenvalue weighted by Crippen LogP contribution is -2.60. The van der Waals surface area contributed by atoms with E-state index in [2.05, 4.69) is 52.5 Å². The molecule has 450 valence electrons. The molecular formula is C58H81N13O12. The number of benzene rings is 3. The summed E-state index contributed by atoms with van der Waals surface area (Å²) in [5.41, 5.74) is 13.6. The van der Waals surface area contributed by atoms with Crippen LogP contribution in [0.2, 0.25) is 0 Å². The first kappa shape index (κ1) is 65.1. The molecule has 4 aromatic rings. The van der Waals surface area contributed by atoms with Crippen molar-refractivity contribution >= 4 is 70.2 Å². The Morgan fingerprint density at radius 3 is 1.92 bits per heavy atom. The zero-order chi connectivity index (χ0) is 60.6. The Morgan fingerprint density at radius 2 is 1.28 bits per heavy atom. The number of para-hydroxylation sites is 1. The summed E-state index contributed by atoms with van der Waals surface area (Å²) in [7, 11) is 0. The van der Waals surface area contributed by atoms with Gasteiger partial charge in [-0.2, -0.15) is 0 Å². The summed E-state index contributed by atoms with van der Waals surface area (Å²) in [5, 5.41) is 42.5. The van der Waals surface area contributed by atoms with Crippen molar-refractivity contribution in [3.05, 3.63) is 102 Å². The number of aromatic hydroxyl groups is 1. The summed E-state index contributed by atoms with van der Waals surface area (Å²) >= 11 is 0. The van der Waals surface area contributed by atoms with Crippen molar-refractivity contribution in [2.24, 2.45) is 28.3 Å². The van der Waals surface area contributed by atoms with Crippen LogP contribution < -0.4 is 54.0 Å². The fourth-order valence-corrected chi connectivity index (χ4v) is 9.50. The summed E-state index contributed by atoms with van der Waals surface area (Å²) in [4.78, 5) is 133. The van der Waals surface area contributed by atoms with E-state index >= 15 is 0 Å². The number of aliphatic imine (C=N–C) groups is 1. The van der Waals surface area contributed by atoms with E-state index in [0.29, 0.717) is 30.5 Å². The molecule has 83 heavy (non-hydrogen) atoms. The predicted molar refractivity (Wildman–Crippen MR) is 309 cm³/mol. The number of nitrogens with one attached hydrogen (secondary N) is 9. The molecule has 25 heteroatoms. The average molecular weight is 1150 g/mol. The van der Waals surface area contributed by atoms with Crippen LogP contribution in [0.25, 0.3) is 10.9 Å². The minimum Gasteiger partial charge on any atom is -0.508 e. The molecule has 5 rings (SSSR count). The van der Waals surface area contributed by atoms with Gasteiger partial charge in [0, 0.05) is 49.6 Å². The highest BCUT2D eigenvalue weighted by atomic mass is 16.5. The first-order valence-electron chi connectivity index (χ1n) is 28.0. The number of ether oxygens (including phenoxy) is 1. The van der Waals surface area contributed by atoms with Crippen LogP contribution in [0.4, 0.5) is 4.79 Å². The summed E-state index contributed by atoms with van der Waals surface area (Å²) in [6, 6.07) is 13.2. The lowest BCUT2D eigenvalue weighted by Gasteiger charge is -2.30. The fourth-order valence-electron chi connectivity index (χ4n) is 9.50. The molecular weight excluding hydrogens is 1070 g/mol. The van der Waals surface area contributed by atoms with Crippen molar-refractivity contribution in [3.8, 4) is 5.75 Å². The van der Waals surface area contributed by atoms with Crippen LogP contribution in [0, 0.1) is 11.8 Å². The lowest BCUT2D eigenvalue weighted by molar-refractivity contribution is -0.142. The average Bonchev–Trinajstić information content (AvgIpc) is 4.36. The first-order chi connectivity index (χ1) is 39.6. The Bertz CT molecular complexity index is 2860. The predicted octanol–water partition coefficient (Wildman–Crippen LogP) is 0.759. The summed E-state index contributed by atoms with van der Waals surface area (Å²) in [6.07, 6.45) is 2.15. The van der Waals surface area contributed by atoms with Crippen LogP contribution in [-0.2, 0) is 62.5 Å². The highest BCUT2D eigenvalue weighted by Crippen LogP contribution is 2.22. The maximum Gasteiger partial charge on any atom is 0.408 e. The molecule has 1 fully saturated rings. The minimum atomic E-state index is -1.71. The molecule has 0 aliphatic carbocycles. The van der Waals surface area contributed by atoms with Crippen molar-refractivity contribution in [1.29, 1.82) is 0 Å². The molecule has 15 N–H and O–H groups in total. The highest BCUT2D eigenvalue weighted by Gasteiger charge is 2.39. The first-order valence-corrected chi connectivity index (χ1v) is 28.0. The number of alkyl carbamates (subject to hydrolysis) is 1. The molecule has 2 heterocycles. The molecule has 7 atom stereocenters. The topological polar surface area (TPSA) is 383 Å². The number of aromatic amines is 1. The van der Waals surface area contributed by atoms with Gasteiger partial charge in [-0.05, 0) is 92.2 Å². The number of fused-ring (bicyclic) bond motifs is 1. The zero-order valence-corrected chi connectivity index (χ0v) is 47.7. The van der Waals surface area contributed by atoms with E-state index in [0.717, 1.165) is 16.5 Å². The third-order valence-corrected chi connectivity index (χ3v) is 13.6. The number of phenolic OH excluding ortho intramolecular Hbond substituents is 1. The van der Waals surface area contributed by atoms with Gasteiger partial charge in [-0.3, -0.25) is 43.3 Å². The summed E-state index contributed by atoms with van der Waals surface area (Å²) < 4.78 is 5.40. The SMILES string of the molecule is CCNC(=O)[C@@H]1CCCN1C(=O)[C@H](CCCN=C(N)N)NC(=O)[C@H](CC(C)C)NC(=O)CNC(=O)[C@H](Cc1ccc(O)cc1)NC(=O)[C@H](CO)NC(=O)[C@H](Cc1c[nH]c2ccccc12)NC(=O)[C@H](CC(C)C)NC(=O)OCc1ccccc1. The Morgan fingerprint density at radius 1 is 0.687 bits per heavy atom. The van der Waals surface area contributed by atoms with Gasteiger partial charge in [0.1, 0.15) is 54.6 Å². The van der Waals surface area contributed by atoms with E-state index in [-0.39, 0.29) is 87.7 Å². The molecule has 0 unspecified atom stereocenters. The fraction of sp³-hybridized carbons (Fsp3) is 0.483. The van der Waals surface area contributed by atoms with Gasteiger partial charge in [0.2, 0.25) is 47.3 Å². The van der Waals surface area contributed by atoms with Crippen molar-refractivity contribution in [2.75, 3.05) is 32.8 Å². The number of aromatic nitrogens is 1. The number of nitrogens with two attached hydrogens (primary N) is 2. The smallest absolute Gasteiger partial charge is 0.408 e. The van der Waals surface area contributed by atoms with E-state index in [1.54, 1.807) is 43.5 Å². The lowest BCUT2D eigenvalue weighted by atomic mass is 10.0. The third-order valence-electron chi connectivity index (χ3n) is 13.6. The van der Waals surface area contributed by atoms with Crippen molar-refractivity contribution in [1.82, 2.24) is 52.4 Å². The quantitative estimate of drug-likeness (QED) is 0.0188. The third kappa shape index (κ3) is 20.9. The second kappa shape index (κ2) is 32.6. The van der Waals surface area contributed by atoms with E-state index in [1.807, 2.05) is 52.0 Å². The second-order valence-corrected chi connectivity index (χ2v) is 21.3. The molecule has 25 nitrogen and oxygen atoms in total. The molecule has 1 saturated heterocycles. The number of H-pyrrole nitrogens is 1. The number of aliphatic hydroxyl groups excluding tert-OH is 1. The van der Waals surface area contributed by atoms with Crippen LogP contribution in [0.15, 0.2) is 90.1 Å². The number of hydrogen-bond donors (Lipinski definition) is 13. The van der Waals surface area contributed by atoms with E-state index in [9.17, 15) is 53.4 Å². The van der Waals surface area contributed by atoms with Gasteiger partial charge in [0.05, 0.1) is 13.2 Å². The number of phenols is 1. The molecule has 0 saturated carbocycles. The number of hydrogen-bond acceptors (Lipinski definition) is 13. The van der Waals surface area contributed by atoms with Gasteiger partial charge in [-0.15, -0.1) is 0 Å². The Labute approximate surface area is 482 Å². The van der Waals surface area contributed by atoms with Crippen molar-refractivity contribution < 1.29 is 58.1 Å². The summed E-state index contributed by atoms with van der Waals surface area (Å²) in [5.74, 6) is -6.33. The molecule has 1 aliphatic heterocycles. The van der Waals surface area contributed by atoms with E-state index in [4.69, 9.17) is 16.2 Å². The molecule has 1 aliphatic rings. The van der Waals surface area contributed by atoms with E-state index < -0.39 is 103 Å². The second-order valence-electron chi connectivity index (χ2n) is 21.3. The van der Waals surface area contributed by atoms with E-state index in [1.165, 1.54) is 29.2 Å². The standard InChI is InChI=1S/C58H81N13O12/c1-6-61-55(80)48-19-13-25-71(48)56(81)42(18-12-24-62-57(59)60)66-51(76)43(26-34(2)3)65-49(74)31-64-50(75)45(28-36-20-22-39(73)23-21-36)67-54(79)47(32-72)69-53(78)46(29-38-30-63-41-17-11-10-16-40(38)41)68-52(77)44(27-35(4)5)70-58(82)83-33-37-14-8-7-9-15-37/h7-11,14-17,20-23,30,34-35,42-48,63,72-73H,6,12-13,18-19,24-29,31-33H2,1-5H3,(H,61,80)(H,64,75)(H,65,74)(H,66,76)(H,67,79)(H,68,77)(H,69,78)(H,70,82)(H4,59,60,62)/t42-,43-,44-,45-,46-,47-,48-/m0/s1. The number of nitrogens with zero attached hydrogens (tertiary/aromatic N) is 2. The van der Waals surface area contributed by atoms with Crippen LogP contribution in [0.3, 0.4) is 0 Å². The minimum absolute atomic E-state index is 0.0637. The molecule has 0 bridgehead atoms. The number of carbonyl (C=O) groups is 9. The van der Waals surface area contributed by atoms with Crippen LogP contribution >= 0.6 is 0 Å². The number of guanidine groups is 1. The number of amides is 9.